The average Bonchev–Trinajstić information content (AvgIpc) is 2.66. The molecule has 0 heterocycles. The first kappa shape index (κ1) is 22.7. The Bertz CT molecular complexity index is 858. The molecule has 1 atom stereocenters. The normalized spacial score (nSPS) is 12.0. The number of carbonyl (C=O) groups is 2. The molecule has 0 saturated heterocycles. The molecule has 0 radical (unpaired) electrons. The number of nitrogens with one attached hydrogen (secondary N) is 1. The van der Waals surface area contributed by atoms with Crippen LogP contribution in [0.2, 0.25) is 0 Å². The molecular weight excluding hydrogens is 360 g/mol. The molecule has 0 aliphatic heterocycles. The Kier molecular flexibility index (Phi) is 8.00. The fraction of sp³-hybridized carbons (Fsp3) is 0.440. The lowest BCUT2D eigenvalue weighted by Crippen LogP contribution is -2.48. The zero-order valence-electron chi connectivity index (χ0n) is 18.6. The molecular formula is C25H34N2O2. The van der Waals surface area contributed by atoms with E-state index in [9.17, 15) is 9.59 Å². The quantitative estimate of drug-likeness (QED) is 0.724. The molecule has 0 saturated carbocycles. The Balaban J connectivity index is 2.23. The van der Waals surface area contributed by atoms with E-state index in [4.69, 9.17) is 0 Å². The lowest BCUT2D eigenvalue weighted by atomic mass is 10.0. The Morgan fingerprint density at radius 3 is 2.28 bits per heavy atom. The summed E-state index contributed by atoms with van der Waals surface area (Å²) in [6.07, 6.45) is 0.286. The van der Waals surface area contributed by atoms with Crippen molar-refractivity contribution in [3.8, 4) is 0 Å². The van der Waals surface area contributed by atoms with Gasteiger partial charge in [0.05, 0.1) is 6.42 Å². The van der Waals surface area contributed by atoms with Crippen LogP contribution in [0.5, 0.6) is 0 Å². The topological polar surface area (TPSA) is 49.4 Å². The van der Waals surface area contributed by atoms with Crippen LogP contribution >= 0.6 is 0 Å². The zero-order chi connectivity index (χ0) is 21.6. The molecule has 0 spiro atoms. The Morgan fingerprint density at radius 1 is 0.931 bits per heavy atom. The molecule has 0 aromatic heterocycles. The summed E-state index contributed by atoms with van der Waals surface area (Å²) < 4.78 is 0. The van der Waals surface area contributed by atoms with Gasteiger partial charge >= 0.3 is 0 Å². The molecule has 2 amide bonds. The number of amides is 2. The predicted molar refractivity (Wildman–Crippen MR) is 119 cm³/mol. The third-order valence-electron chi connectivity index (χ3n) is 5.21. The summed E-state index contributed by atoms with van der Waals surface area (Å²) in [6.45, 7) is 13.1. The van der Waals surface area contributed by atoms with Crippen molar-refractivity contribution in [3.05, 3.63) is 70.3 Å². The van der Waals surface area contributed by atoms with Crippen molar-refractivity contribution in [2.75, 3.05) is 6.54 Å². The Hall–Kier alpha value is -2.62. The first-order valence-corrected chi connectivity index (χ1v) is 10.4. The molecule has 4 heteroatoms. The van der Waals surface area contributed by atoms with Gasteiger partial charge in [-0.1, -0.05) is 61.9 Å². The number of aryl methyl sites for hydroxylation is 3. The minimum Gasteiger partial charge on any atom is -0.354 e. The third-order valence-corrected chi connectivity index (χ3v) is 5.21. The van der Waals surface area contributed by atoms with Crippen molar-refractivity contribution in [3.63, 3.8) is 0 Å². The van der Waals surface area contributed by atoms with Crippen molar-refractivity contribution in [1.82, 2.24) is 10.2 Å². The molecule has 156 valence electrons. The zero-order valence-corrected chi connectivity index (χ0v) is 18.6. The van der Waals surface area contributed by atoms with E-state index in [1.165, 1.54) is 11.1 Å². The monoisotopic (exact) mass is 394 g/mol. The van der Waals surface area contributed by atoms with Gasteiger partial charge in [-0.05, 0) is 55.9 Å². The van der Waals surface area contributed by atoms with Gasteiger partial charge in [0, 0.05) is 13.1 Å². The van der Waals surface area contributed by atoms with Crippen LogP contribution in [0.1, 0.15) is 48.6 Å². The van der Waals surface area contributed by atoms with Gasteiger partial charge in [0.2, 0.25) is 11.8 Å². The standard InChI is InChI=1S/C25H34N2O2/c1-17(2)15-26-25(29)21(6)27(16-23-9-7-8-18(3)12-23)24(28)14-22-11-10-19(4)20(5)13-22/h7-13,17,21H,14-16H2,1-6H3,(H,26,29). The number of carbonyl (C=O) groups excluding carboxylic acids is 2. The molecule has 1 unspecified atom stereocenters. The van der Waals surface area contributed by atoms with Crippen molar-refractivity contribution in [1.29, 1.82) is 0 Å². The van der Waals surface area contributed by atoms with E-state index in [2.05, 4.69) is 45.1 Å². The van der Waals surface area contributed by atoms with Crippen LogP contribution in [-0.4, -0.2) is 29.3 Å². The number of hydrogen-bond donors (Lipinski definition) is 1. The second-order valence-electron chi connectivity index (χ2n) is 8.42. The van der Waals surface area contributed by atoms with Crippen LogP contribution in [-0.2, 0) is 22.6 Å². The fourth-order valence-corrected chi connectivity index (χ4v) is 3.23. The van der Waals surface area contributed by atoms with E-state index in [0.717, 1.165) is 16.7 Å². The summed E-state index contributed by atoms with van der Waals surface area (Å²) in [7, 11) is 0. The van der Waals surface area contributed by atoms with Gasteiger partial charge < -0.3 is 10.2 Å². The van der Waals surface area contributed by atoms with Crippen LogP contribution in [0.4, 0.5) is 0 Å². The lowest BCUT2D eigenvalue weighted by molar-refractivity contribution is -0.140. The second-order valence-corrected chi connectivity index (χ2v) is 8.42. The van der Waals surface area contributed by atoms with E-state index in [-0.39, 0.29) is 18.2 Å². The molecule has 2 aromatic carbocycles. The van der Waals surface area contributed by atoms with E-state index in [0.29, 0.717) is 19.0 Å². The summed E-state index contributed by atoms with van der Waals surface area (Å²) >= 11 is 0. The Labute approximate surface area is 175 Å². The van der Waals surface area contributed by atoms with E-state index >= 15 is 0 Å². The number of hydrogen-bond acceptors (Lipinski definition) is 2. The van der Waals surface area contributed by atoms with Crippen LogP contribution in [0, 0.1) is 26.7 Å². The highest BCUT2D eigenvalue weighted by atomic mass is 16.2. The average molecular weight is 395 g/mol. The van der Waals surface area contributed by atoms with Crippen molar-refractivity contribution >= 4 is 11.8 Å². The van der Waals surface area contributed by atoms with Crippen LogP contribution in [0.25, 0.3) is 0 Å². The van der Waals surface area contributed by atoms with Gasteiger partial charge in [0.25, 0.3) is 0 Å². The second kappa shape index (κ2) is 10.2. The summed E-state index contributed by atoms with van der Waals surface area (Å²) in [6, 6.07) is 13.6. The van der Waals surface area contributed by atoms with Gasteiger partial charge in [0.15, 0.2) is 0 Å². The summed E-state index contributed by atoms with van der Waals surface area (Å²) in [5, 5.41) is 2.96. The van der Waals surface area contributed by atoms with Crippen LogP contribution in [0.15, 0.2) is 42.5 Å². The van der Waals surface area contributed by atoms with Gasteiger partial charge in [-0.15, -0.1) is 0 Å². The Morgan fingerprint density at radius 2 is 1.66 bits per heavy atom. The predicted octanol–water partition coefficient (Wildman–Crippen LogP) is 4.34. The molecule has 0 fully saturated rings. The largest absolute Gasteiger partial charge is 0.354 e. The molecule has 0 aliphatic carbocycles. The minimum atomic E-state index is -0.534. The molecule has 0 aliphatic rings. The molecule has 0 bridgehead atoms. The molecule has 1 N–H and O–H groups in total. The van der Waals surface area contributed by atoms with E-state index in [1.54, 1.807) is 4.90 Å². The summed E-state index contributed by atoms with van der Waals surface area (Å²) in [5.41, 5.74) is 5.52. The maximum atomic E-state index is 13.2. The maximum Gasteiger partial charge on any atom is 0.242 e. The first-order valence-electron chi connectivity index (χ1n) is 10.4. The van der Waals surface area contributed by atoms with Crippen molar-refractivity contribution in [2.24, 2.45) is 5.92 Å². The van der Waals surface area contributed by atoms with E-state index in [1.807, 2.05) is 44.2 Å². The fourth-order valence-electron chi connectivity index (χ4n) is 3.23. The van der Waals surface area contributed by atoms with Crippen LogP contribution in [0.3, 0.4) is 0 Å². The first-order chi connectivity index (χ1) is 13.7. The smallest absolute Gasteiger partial charge is 0.242 e. The van der Waals surface area contributed by atoms with Crippen molar-refractivity contribution < 1.29 is 9.59 Å². The highest BCUT2D eigenvalue weighted by Gasteiger charge is 2.26. The summed E-state index contributed by atoms with van der Waals surface area (Å²) in [4.78, 5) is 27.6. The number of benzene rings is 2. The lowest BCUT2D eigenvalue weighted by Gasteiger charge is -2.29. The van der Waals surface area contributed by atoms with Crippen molar-refractivity contribution in [2.45, 2.75) is 60.5 Å². The SMILES string of the molecule is Cc1cccc(CN(C(=O)Cc2ccc(C)c(C)c2)C(C)C(=O)NCC(C)C)c1. The van der Waals surface area contributed by atoms with Crippen LogP contribution < -0.4 is 5.32 Å². The molecule has 29 heavy (non-hydrogen) atoms. The highest BCUT2D eigenvalue weighted by molar-refractivity contribution is 5.88. The molecule has 2 rings (SSSR count). The van der Waals surface area contributed by atoms with Gasteiger partial charge in [-0.25, -0.2) is 0 Å². The van der Waals surface area contributed by atoms with Gasteiger partial charge in [-0.2, -0.15) is 0 Å². The summed E-state index contributed by atoms with van der Waals surface area (Å²) in [5.74, 6) is 0.212. The molecule has 4 nitrogen and oxygen atoms in total. The maximum absolute atomic E-state index is 13.2. The third kappa shape index (κ3) is 6.74. The van der Waals surface area contributed by atoms with Gasteiger partial charge in [0.1, 0.15) is 6.04 Å². The van der Waals surface area contributed by atoms with Gasteiger partial charge in [-0.3, -0.25) is 9.59 Å². The number of nitrogens with zero attached hydrogens (tertiary/aromatic N) is 1. The minimum absolute atomic E-state index is 0.0399. The number of rotatable bonds is 8. The van der Waals surface area contributed by atoms with E-state index < -0.39 is 6.04 Å². The highest BCUT2D eigenvalue weighted by Crippen LogP contribution is 2.16. The molecule has 2 aromatic rings.